The van der Waals surface area contributed by atoms with Crippen molar-refractivity contribution in [3.63, 3.8) is 0 Å². The molecule has 126 valence electrons. The fourth-order valence-corrected chi connectivity index (χ4v) is 2.64. The second kappa shape index (κ2) is 7.75. The zero-order valence-electron chi connectivity index (χ0n) is 14.5. The third-order valence-corrected chi connectivity index (χ3v) is 4.07. The molecule has 4 nitrogen and oxygen atoms in total. The van der Waals surface area contributed by atoms with E-state index in [0.29, 0.717) is 26.2 Å². The van der Waals surface area contributed by atoms with Gasteiger partial charge in [-0.05, 0) is 30.9 Å². The molecule has 4 heteroatoms. The Labute approximate surface area is 138 Å². The van der Waals surface area contributed by atoms with E-state index in [4.69, 9.17) is 9.47 Å². The SMILES string of the molecule is Cc1ccc(/C(=C/C(=O)NCCC2(C)OCCO2)C(C)C)cc1. The number of hydrogen-bond acceptors (Lipinski definition) is 3. The molecule has 1 aromatic carbocycles. The maximum absolute atomic E-state index is 12.2. The second-order valence-corrected chi connectivity index (χ2v) is 6.49. The smallest absolute Gasteiger partial charge is 0.244 e. The van der Waals surface area contributed by atoms with Gasteiger partial charge in [0.15, 0.2) is 5.79 Å². The van der Waals surface area contributed by atoms with Crippen molar-refractivity contribution in [3.05, 3.63) is 41.5 Å². The molecule has 1 fully saturated rings. The molecule has 0 aliphatic carbocycles. The van der Waals surface area contributed by atoms with E-state index in [2.05, 4.69) is 50.4 Å². The van der Waals surface area contributed by atoms with Crippen LogP contribution >= 0.6 is 0 Å². The zero-order valence-corrected chi connectivity index (χ0v) is 14.5. The van der Waals surface area contributed by atoms with Gasteiger partial charge in [-0.3, -0.25) is 4.79 Å². The van der Waals surface area contributed by atoms with Gasteiger partial charge in [0.05, 0.1) is 13.2 Å². The number of allylic oxidation sites excluding steroid dienone is 1. The third kappa shape index (κ3) is 5.19. The molecule has 0 radical (unpaired) electrons. The molecular weight excluding hydrogens is 290 g/mol. The molecule has 0 bridgehead atoms. The summed E-state index contributed by atoms with van der Waals surface area (Å²) in [6.07, 6.45) is 2.35. The van der Waals surface area contributed by atoms with Gasteiger partial charge in [-0.2, -0.15) is 0 Å². The summed E-state index contributed by atoms with van der Waals surface area (Å²) in [7, 11) is 0. The summed E-state index contributed by atoms with van der Waals surface area (Å²) in [5.74, 6) is -0.354. The first kappa shape index (κ1) is 17.7. The molecular formula is C19H27NO3. The van der Waals surface area contributed by atoms with Crippen molar-refractivity contribution < 1.29 is 14.3 Å². The van der Waals surface area contributed by atoms with Crippen molar-refractivity contribution in [2.75, 3.05) is 19.8 Å². The molecule has 1 aliphatic rings. The molecule has 0 spiro atoms. The molecule has 1 N–H and O–H groups in total. The van der Waals surface area contributed by atoms with E-state index in [9.17, 15) is 4.79 Å². The summed E-state index contributed by atoms with van der Waals surface area (Å²) >= 11 is 0. The summed E-state index contributed by atoms with van der Waals surface area (Å²) < 4.78 is 11.1. The van der Waals surface area contributed by atoms with E-state index in [-0.39, 0.29) is 11.8 Å². The number of aryl methyl sites for hydroxylation is 1. The normalized spacial score (nSPS) is 17.5. The van der Waals surface area contributed by atoms with Gasteiger partial charge in [-0.25, -0.2) is 0 Å². The van der Waals surface area contributed by atoms with Gasteiger partial charge in [-0.1, -0.05) is 43.7 Å². The first-order valence-corrected chi connectivity index (χ1v) is 8.24. The number of amides is 1. The van der Waals surface area contributed by atoms with E-state index < -0.39 is 5.79 Å². The van der Waals surface area contributed by atoms with Crippen LogP contribution in [0.25, 0.3) is 5.57 Å². The summed E-state index contributed by atoms with van der Waals surface area (Å²) in [5, 5.41) is 2.93. The summed E-state index contributed by atoms with van der Waals surface area (Å²) in [6, 6.07) is 8.27. The van der Waals surface area contributed by atoms with E-state index in [1.54, 1.807) is 6.08 Å². The Hall–Kier alpha value is -1.65. The monoisotopic (exact) mass is 317 g/mol. The molecule has 0 atom stereocenters. The molecule has 0 unspecified atom stereocenters. The van der Waals surface area contributed by atoms with Gasteiger partial charge in [0.2, 0.25) is 5.91 Å². The van der Waals surface area contributed by atoms with Crippen molar-refractivity contribution in [2.24, 2.45) is 5.92 Å². The first-order valence-electron chi connectivity index (χ1n) is 8.24. The van der Waals surface area contributed by atoms with Crippen molar-refractivity contribution in [3.8, 4) is 0 Å². The van der Waals surface area contributed by atoms with Crippen LogP contribution in [0.1, 0.15) is 38.3 Å². The largest absolute Gasteiger partial charge is 0.352 e. The highest BCUT2D eigenvalue weighted by Gasteiger charge is 2.30. The fourth-order valence-electron chi connectivity index (χ4n) is 2.64. The average Bonchev–Trinajstić information content (AvgIpc) is 2.92. The molecule has 2 rings (SSSR count). The highest BCUT2D eigenvalue weighted by Crippen LogP contribution is 2.24. The standard InChI is InChI=1S/C19H27NO3/c1-14(2)17(16-7-5-15(3)6-8-16)13-18(21)20-10-9-19(4)22-11-12-23-19/h5-8,13-14H,9-12H2,1-4H3,(H,20,21)/b17-13+. The van der Waals surface area contributed by atoms with Crippen molar-refractivity contribution in [1.29, 1.82) is 0 Å². The summed E-state index contributed by atoms with van der Waals surface area (Å²) in [4.78, 5) is 12.2. The minimum atomic E-state index is -0.561. The van der Waals surface area contributed by atoms with Gasteiger partial charge < -0.3 is 14.8 Å². The number of ether oxygens (including phenoxy) is 2. The topological polar surface area (TPSA) is 47.6 Å². The number of hydrogen-bond donors (Lipinski definition) is 1. The van der Waals surface area contributed by atoms with E-state index in [1.807, 2.05) is 6.92 Å². The Bertz CT molecular complexity index is 554. The van der Waals surface area contributed by atoms with Crippen molar-refractivity contribution in [2.45, 2.75) is 39.9 Å². The van der Waals surface area contributed by atoms with Crippen LogP contribution in [-0.4, -0.2) is 31.5 Å². The number of carbonyl (C=O) groups excluding carboxylic acids is 1. The van der Waals surface area contributed by atoms with Crippen LogP contribution in [0.3, 0.4) is 0 Å². The second-order valence-electron chi connectivity index (χ2n) is 6.49. The lowest BCUT2D eigenvalue weighted by molar-refractivity contribution is -0.146. The molecule has 23 heavy (non-hydrogen) atoms. The molecule has 0 saturated carbocycles. The van der Waals surface area contributed by atoms with Gasteiger partial charge in [-0.15, -0.1) is 0 Å². The minimum Gasteiger partial charge on any atom is -0.352 e. The van der Waals surface area contributed by atoms with Crippen LogP contribution < -0.4 is 5.32 Å². The Morgan fingerprint density at radius 2 is 1.87 bits per heavy atom. The van der Waals surface area contributed by atoms with Gasteiger partial charge >= 0.3 is 0 Å². The van der Waals surface area contributed by atoms with Crippen LogP contribution in [0.15, 0.2) is 30.3 Å². The summed E-state index contributed by atoms with van der Waals surface area (Å²) in [5.41, 5.74) is 3.35. The van der Waals surface area contributed by atoms with Crippen molar-refractivity contribution >= 4 is 11.5 Å². The minimum absolute atomic E-state index is 0.0733. The van der Waals surface area contributed by atoms with Crippen LogP contribution in [0, 0.1) is 12.8 Å². The van der Waals surface area contributed by atoms with Crippen LogP contribution in [-0.2, 0) is 14.3 Å². The quantitative estimate of drug-likeness (QED) is 0.819. The Morgan fingerprint density at radius 3 is 2.43 bits per heavy atom. The Morgan fingerprint density at radius 1 is 1.26 bits per heavy atom. The lowest BCUT2D eigenvalue weighted by Gasteiger charge is -2.22. The number of carbonyl (C=O) groups is 1. The van der Waals surface area contributed by atoms with Crippen LogP contribution in [0.5, 0.6) is 0 Å². The van der Waals surface area contributed by atoms with Gasteiger partial charge in [0, 0.05) is 19.0 Å². The molecule has 1 amide bonds. The van der Waals surface area contributed by atoms with E-state index in [1.165, 1.54) is 5.56 Å². The third-order valence-electron chi connectivity index (χ3n) is 4.07. The van der Waals surface area contributed by atoms with Crippen molar-refractivity contribution in [1.82, 2.24) is 5.32 Å². The van der Waals surface area contributed by atoms with Crippen LogP contribution in [0.4, 0.5) is 0 Å². The van der Waals surface area contributed by atoms with Gasteiger partial charge in [0.25, 0.3) is 0 Å². The first-order chi connectivity index (χ1) is 10.9. The Balaban J connectivity index is 1.95. The predicted molar refractivity (Wildman–Crippen MR) is 91.9 cm³/mol. The Kier molecular flexibility index (Phi) is 5.97. The highest BCUT2D eigenvalue weighted by atomic mass is 16.7. The molecule has 0 aromatic heterocycles. The zero-order chi connectivity index (χ0) is 16.9. The lowest BCUT2D eigenvalue weighted by atomic mass is 9.94. The van der Waals surface area contributed by atoms with E-state index in [0.717, 1.165) is 11.1 Å². The number of benzene rings is 1. The molecule has 1 aliphatic heterocycles. The number of rotatable bonds is 6. The number of nitrogens with one attached hydrogen (secondary N) is 1. The van der Waals surface area contributed by atoms with E-state index >= 15 is 0 Å². The lowest BCUT2D eigenvalue weighted by Crippen LogP contribution is -2.33. The van der Waals surface area contributed by atoms with Crippen LogP contribution in [0.2, 0.25) is 0 Å². The fraction of sp³-hybridized carbons (Fsp3) is 0.526. The maximum atomic E-state index is 12.2. The molecule has 1 saturated heterocycles. The maximum Gasteiger partial charge on any atom is 0.244 e. The predicted octanol–water partition coefficient (Wildman–Crippen LogP) is 3.30. The molecule has 1 heterocycles. The highest BCUT2D eigenvalue weighted by molar-refractivity contribution is 5.95. The molecule has 1 aromatic rings. The summed E-state index contributed by atoms with van der Waals surface area (Å²) in [6.45, 7) is 9.94. The van der Waals surface area contributed by atoms with Gasteiger partial charge in [0.1, 0.15) is 0 Å². The average molecular weight is 317 g/mol.